The molecule has 0 radical (unpaired) electrons. The minimum Gasteiger partial charge on any atom is -0.423 e. The van der Waals surface area contributed by atoms with E-state index in [0.717, 1.165) is 19.6 Å². The third-order valence-electron chi connectivity index (χ3n) is 3.98. The topological polar surface area (TPSA) is 84.4 Å². The van der Waals surface area contributed by atoms with E-state index in [9.17, 15) is 10.1 Å². The highest BCUT2D eigenvalue weighted by Crippen LogP contribution is 2.24. The summed E-state index contributed by atoms with van der Waals surface area (Å²) < 4.78 is 5.54. The maximum absolute atomic E-state index is 10.7. The summed E-state index contributed by atoms with van der Waals surface area (Å²) in [6.45, 7) is 5.13. The molecule has 2 heterocycles. The summed E-state index contributed by atoms with van der Waals surface area (Å²) in [5, 5.41) is 13.9. The Bertz CT molecular complexity index is 655. The largest absolute Gasteiger partial charge is 0.423 e. The van der Waals surface area contributed by atoms with Crippen molar-refractivity contribution in [1.29, 1.82) is 0 Å². The van der Waals surface area contributed by atoms with Gasteiger partial charge in [-0.2, -0.15) is 4.98 Å². The zero-order valence-corrected chi connectivity index (χ0v) is 11.9. The van der Waals surface area contributed by atoms with Crippen molar-refractivity contribution in [3.63, 3.8) is 0 Å². The van der Waals surface area contributed by atoms with E-state index < -0.39 is 4.92 Å². The molecule has 1 aliphatic rings. The number of nitrogens with one attached hydrogen (secondary N) is 1. The fourth-order valence-corrected chi connectivity index (χ4v) is 2.85. The molecule has 7 nitrogen and oxygen atoms in total. The third-order valence-corrected chi connectivity index (χ3v) is 3.98. The van der Waals surface area contributed by atoms with Gasteiger partial charge in [0, 0.05) is 18.7 Å². The second-order valence-corrected chi connectivity index (χ2v) is 5.23. The van der Waals surface area contributed by atoms with Gasteiger partial charge in [-0.15, -0.1) is 0 Å². The van der Waals surface area contributed by atoms with Crippen LogP contribution < -0.4 is 5.32 Å². The summed E-state index contributed by atoms with van der Waals surface area (Å²) >= 11 is 0. The SMILES string of the molecule is CCN1CCCC1CNc1nc2ccc([N+](=O)[O-])cc2o1. The molecule has 0 saturated carbocycles. The number of aromatic nitrogens is 1. The van der Waals surface area contributed by atoms with Gasteiger partial charge in [-0.1, -0.05) is 6.92 Å². The van der Waals surface area contributed by atoms with Crippen LogP contribution in [0.4, 0.5) is 11.7 Å². The number of likely N-dealkylation sites (tertiary alicyclic amines) is 1. The number of likely N-dealkylation sites (N-methyl/N-ethyl adjacent to an activating group) is 1. The molecule has 1 aromatic heterocycles. The number of oxazole rings is 1. The van der Waals surface area contributed by atoms with Gasteiger partial charge in [-0.25, -0.2) is 0 Å². The fraction of sp³-hybridized carbons (Fsp3) is 0.500. The lowest BCUT2D eigenvalue weighted by atomic mass is 10.2. The van der Waals surface area contributed by atoms with Crippen LogP contribution in [0.15, 0.2) is 22.6 Å². The van der Waals surface area contributed by atoms with Crippen molar-refractivity contribution in [2.24, 2.45) is 0 Å². The van der Waals surface area contributed by atoms with Crippen molar-refractivity contribution in [3.8, 4) is 0 Å². The second kappa shape index (κ2) is 5.69. The number of hydrogen-bond acceptors (Lipinski definition) is 6. The number of non-ortho nitro benzene ring substituents is 1. The Morgan fingerprint density at radius 2 is 2.43 bits per heavy atom. The molecule has 0 bridgehead atoms. The maximum atomic E-state index is 10.7. The first-order valence-corrected chi connectivity index (χ1v) is 7.20. The minimum absolute atomic E-state index is 0.0122. The number of nitrogens with zero attached hydrogens (tertiary/aromatic N) is 3. The molecule has 1 atom stereocenters. The predicted octanol–water partition coefficient (Wildman–Crippen LogP) is 2.63. The number of fused-ring (bicyclic) bond motifs is 1. The normalized spacial score (nSPS) is 19.2. The standard InChI is InChI=1S/C14H18N4O3/c1-2-17-7-3-4-11(17)9-15-14-16-12-6-5-10(18(19)20)8-13(12)21-14/h5-6,8,11H,2-4,7,9H2,1H3,(H,15,16). The van der Waals surface area contributed by atoms with Crippen LogP contribution in [0.2, 0.25) is 0 Å². The average molecular weight is 290 g/mol. The molecule has 0 amide bonds. The van der Waals surface area contributed by atoms with Crippen LogP contribution >= 0.6 is 0 Å². The molecule has 2 aromatic rings. The lowest BCUT2D eigenvalue weighted by Gasteiger charge is -2.22. The molecule has 0 spiro atoms. The van der Waals surface area contributed by atoms with Crippen LogP contribution in [0, 0.1) is 10.1 Å². The smallest absolute Gasteiger partial charge is 0.295 e. The van der Waals surface area contributed by atoms with Gasteiger partial charge in [-0.05, 0) is 32.0 Å². The lowest BCUT2D eigenvalue weighted by Crippen LogP contribution is -2.34. The van der Waals surface area contributed by atoms with E-state index in [0.29, 0.717) is 23.2 Å². The highest BCUT2D eigenvalue weighted by atomic mass is 16.6. The van der Waals surface area contributed by atoms with Crippen molar-refractivity contribution in [2.75, 3.05) is 25.0 Å². The van der Waals surface area contributed by atoms with E-state index in [1.54, 1.807) is 6.07 Å². The molecule has 3 rings (SSSR count). The maximum Gasteiger partial charge on any atom is 0.295 e. The Labute approximate surface area is 122 Å². The molecule has 0 aliphatic carbocycles. The van der Waals surface area contributed by atoms with Crippen molar-refractivity contribution >= 4 is 22.8 Å². The van der Waals surface area contributed by atoms with Gasteiger partial charge in [-0.3, -0.25) is 15.0 Å². The van der Waals surface area contributed by atoms with Crippen molar-refractivity contribution in [2.45, 2.75) is 25.8 Å². The van der Waals surface area contributed by atoms with Gasteiger partial charge < -0.3 is 9.73 Å². The molecule has 1 unspecified atom stereocenters. The van der Waals surface area contributed by atoms with Crippen molar-refractivity contribution in [3.05, 3.63) is 28.3 Å². The van der Waals surface area contributed by atoms with Gasteiger partial charge in [0.25, 0.3) is 11.7 Å². The molecule has 1 aliphatic heterocycles. The lowest BCUT2D eigenvalue weighted by molar-refractivity contribution is -0.384. The van der Waals surface area contributed by atoms with Gasteiger partial charge >= 0.3 is 0 Å². The Balaban J connectivity index is 1.71. The van der Waals surface area contributed by atoms with E-state index in [-0.39, 0.29) is 5.69 Å². The van der Waals surface area contributed by atoms with Gasteiger partial charge in [0.15, 0.2) is 5.58 Å². The molecule has 1 aromatic carbocycles. The van der Waals surface area contributed by atoms with Gasteiger partial charge in [0.2, 0.25) is 0 Å². The summed E-state index contributed by atoms with van der Waals surface area (Å²) in [7, 11) is 0. The van der Waals surface area contributed by atoms with Crippen LogP contribution in [0.3, 0.4) is 0 Å². The molecule has 112 valence electrons. The summed E-state index contributed by atoms with van der Waals surface area (Å²) in [5.74, 6) is 0. The first-order chi connectivity index (χ1) is 10.2. The molecule has 21 heavy (non-hydrogen) atoms. The third kappa shape index (κ3) is 2.82. The predicted molar refractivity (Wildman–Crippen MR) is 79.4 cm³/mol. The Kier molecular flexibility index (Phi) is 3.74. The Morgan fingerprint density at radius 3 is 3.19 bits per heavy atom. The number of nitro benzene ring substituents is 1. The second-order valence-electron chi connectivity index (χ2n) is 5.23. The zero-order chi connectivity index (χ0) is 14.8. The summed E-state index contributed by atoms with van der Waals surface area (Å²) in [4.78, 5) is 17.0. The van der Waals surface area contributed by atoms with E-state index >= 15 is 0 Å². The van der Waals surface area contributed by atoms with E-state index in [4.69, 9.17) is 4.42 Å². The molecule has 1 fully saturated rings. The summed E-state index contributed by atoms with van der Waals surface area (Å²) in [6.07, 6.45) is 2.40. The van der Waals surface area contributed by atoms with Crippen LogP contribution in [0.1, 0.15) is 19.8 Å². The number of rotatable bonds is 5. The van der Waals surface area contributed by atoms with E-state index in [2.05, 4.69) is 22.1 Å². The molecular weight excluding hydrogens is 272 g/mol. The first kappa shape index (κ1) is 13.8. The van der Waals surface area contributed by atoms with Crippen LogP contribution in [-0.2, 0) is 0 Å². The van der Waals surface area contributed by atoms with Gasteiger partial charge in [0.1, 0.15) is 5.52 Å². The van der Waals surface area contributed by atoms with E-state index in [1.165, 1.54) is 25.0 Å². The Hall–Kier alpha value is -2.15. The van der Waals surface area contributed by atoms with Crippen LogP contribution in [0.25, 0.3) is 11.1 Å². The number of anilines is 1. The molecule has 1 N–H and O–H groups in total. The molecule has 7 heteroatoms. The van der Waals surface area contributed by atoms with E-state index in [1.807, 2.05) is 0 Å². The average Bonchev–Trinajstić information content (AvgIpc) is 3.09. The number of hydrogen-bond donors (Lipinski definition) is 1. The Morgan fingerprint density at radius 1 is 1.57 bits per heavy atom. The first-order valence-electron chi connectivity index (χ1n) is 7.20. The minimum atomic E-state index is -0.438. The summed E-state index contributed by atoms with van der Waals surface area (Å²) in [6, 6.07) is 5.37. The highest BCUT2D eigenvalue weighted by Gasteiger charge is 2.23. The van der Waals surface area contributed by atoms with Crippen LogP contribution in [-0.4, -0.2) is 40.5 Å². The van der Waals surface area contributed by atoms with Crippen molar-refractivity contribution < 1.29 is 9.34 Å². The summed E-state index contributed by atoms with van der Waals surface area (Å²) in [5.41, 5.74) is 1.07. The molecular formula is C14H18N4O3. The zero-order valence-electron chi connectivity index (χ0n) is 11.9. The number of nitro groups is 1. The van der Waals surface area contributed by atoms with Crippen molar-refractivity contribution in [1.82, 2.24) is 9.88 Å². The quantitative estimate of drug-likeness (QED) is 0.673. The highest BCUT2D eigenvalue weighted by molar-refractivity contribution is 5.77. The van der Waals surface area contributed by atoms with Gasteiger partial charge in [0.05, 0.1) is 11.0 Å². The number of benzene rings is 1. The molecule has 1 saturated heterocycles. The fourth-order valence-electron chi connectivity index (χ4n) is 2.85. The van der Waals surface area contributed by atoms with Crippen LogP contribution in [0.5, 0.6) is 0 Å². The monoisotopic (exact) mass is 290 g/mol.